The van der Waals surface area contributed by atoms with E-state index in [-0.39, 0.29) is 11.7 Å². The molecule has 2 rings (SSSR count). The average molecular weight is 335 g/mol. The smallest absolute Gasteiger partial charge is 0.417 e. The molecule has 0 heterocycles. The summed E-state index contributed by atoms with van der Waals surface area (Å²) in [5.74, 6) is -1.43. The summed E-state index contributed by atoms with van der Waals surface area (Å²) in [6.45, 7) is 0. The van der Waals surface area contributed by atoms with Crippen LogP contribution in [0.4, 0.5) is 13.2 Å². The number of Topliss-reactive ketones (excluding diaryl/α,β-unsaturated/α-hetero) is 1. The maximum absolute atomic E-state index is 12.7. The van der Waals surface area contributed by atoms with E-state index in [9.17, 15) is 22.8 Å². The van der Waals surface area contributed by atoms with Crippen LogP contribution in [0.5, 0.6) is 0 Å². The number of benzene rings is 1. The van der Waals surface area contributed by atoms with Crippen LogP contribution in [0.2, 0.25) is 5.02 Å². The van der Waals surface area contributed by atoms with Crippen LogP contribution >= 0.6 is 11.6 Å². The largest absolute Gasteiger partial charge is 0.462 e. The Morgan fingerprint density at radius 1 is 1.23 bits per heavy atom. The Kier molecular flexibility index (Phi) is 5.11. The number of ketones is 1. The fourth-order valence-corrected chi connectivity index (χ4v) is 2.61. The Morgan fingerprint density at radius 2 is 1.86 bits per heavy atom. The zero-order valence-electron chi connectivity index (χ0n) is 11.6. The van der Waals surface area contributed by atoms with E-state index >= 15 is 0 Å². The summed E-state index contributed by atoms with van der Waals surface area (Å²) in [6.07, 6.45) is -1.95. The SMILES string of the molecule is O=C(CC(=O)c1ccc(Cl)c(C(F)(F)F)c1)OC1CCCC1. The zero-order chi connectivity index (χ0) is 16.3. The number of hydrogen-bond donors (Lipinski definition) is 0. The van der Waals surface area contributed by atoms with Crippen LogP contribution in [-0.2, 0) is 15.7 Å². The van der Waals surface area contributed by atoms with Crippen molar-refractivity contribution in [1.29, 1.82) is 0 Å². The molecular weight excluding hydrogens is 321 g/mol. The minimum Gasteiger partial charge on any atom is -0.462 e. The molecule has 0 unspecified atom stereocenters. The first-order chi connectivity index (χ1) is 10.3. The van der Waals surface area contributed by atoms with Gasteiger partial charge in [0, 0.05) is 5.56 Å². The van der Waals surface area contributed by atoms with Crippen LogP contribution in [0.15, 0.2) is 18.2 Å². The van der Waals surface area contributed by atoms with Crippen LogP contribution in [0.1, 0.15) is 48.0 Å². The molecule has 1 aromatic rings. The molecule has 0 N–H and O–H groups in total. The molecule has 120 valence electrons. The predicted molar refractivity (Wildman–Crippen MR) is 73.7 cm³/mol. The molecular formula is C15H14ClF3O3. The van der Waals surface area contributed by atoms with Gasteiger partial charge >= 0.3 is 12.1 Å². The van der Waals surface area contributed by atoms with Crippen LogP contribution in [0.3, 0.4) is 0 Å². The van der Waals surface area contributed by atoms with Gasteiger partial charge in [0.05, 0.1) is 10.6 Å². The number of halogens is 4. The van der Waals surface area contributed by atoms with Crippen molar-refractivity contribution < 1.29 is 27.5 Å². The molecule has 0 bridgehead atoms. The number of carbonyl (C=O) groups is 2. The Bertz CT molecular complexity index is 578. The normalized spacial score (nSPS) is 15.8. The summed E-state index contributed by atoms with van der Waals surface area (Å²) < 4.78 is 43.3. The lowest BCUT2D eigenvalue weighted by molar-refractivity contribution is -0.147. The molecule has 1 saturated carbocycles. The molecule has 0 aliphatic heterocycles. The van der Waals surface area contributed by atoms with Crippen molar-refractivity contribution in [3.8, 4) is 0 Å². The standard InChI is InChI=1S/C15H14ClF3O3/c16-12-6-5-9(7-11(12)15(17,18)19)13(20)8-14(21)22-10-3-1-2-4-10/h5-7,10H,1-4,8H2. The first-order valence-electron chi connectivity index (χ1n) is 6.87. The highest BCUT2D eigenvalue weighted by Gasteiger charge is 2.34. The molecule has 22 heavy (non-hydrogen) atoms. The predicted octanol–water partition coefficient (Wildman–Crippen LogP) is 4.42. The lowest BCUT2D eigenvalue weighted by atomic mass is 10.0. The summed E-state index contributed by atoms with van der Waals surface area (Å²) in [5.41, 5.74) is -1.30. The quantitative estimate of drug-likeness (QED) is 0.465. The summed E-state index contributed by atoms with van der Waals surface area (Å²) in [7, 11) is 0. The third-order valence-corrected chi connectivity index (χ3v) is 3.83. The molecule has 1 aliphatic rings. The van der Waals surface area contributed by atoms with Crippen molar-refractivity contribution in [2.24, 2.45) is 0 Å². The molecule has 0 radical (unpaired) electrons. The van der Waals surface area contributed by atoms with Gasteiger partial charge in [0.25, 0.3) is 0 Å². The summed E-state index contributed by atoms with van der Waals surface area (Å²) in [4.78, 5) is 23.5. The van der Waals surface area contributed by atoms with Crippen molar-refractivity contribution in [2.75, 3.05) is 0 Å². The number of rotatable bonds is 4. The van der Waals surface area contributed by atoms with E-state index in [1.165, 1.54) is 6.07 Å². The van der Waals surface area contributed by atoms with Crippen LogP contribution in [-0.4, -0.2) is 17.9 Å². The molecule has 7 heteroatoms. The Labute approximate surface area is 130 Å². The van der Waals surface area contributed by atoms with E-state index in [2.05, 4.69) is 0 Å². The van der Waals surface area contributed by atoms with Gasteiger partial charge in [0.1, 0.15) is 12.5 Å². The molecule has 0 aromatic heterocycles. The minimum atomic E-state index is -4.66. The second-order valence-electron chi connectivity index (χ2n) is 5.19. The van der Waals surface area contributed by atoms with E-state index in [0.717, 1.165) is 31.7 Å². The van der Waals surface area contributed by atoms with Crippen molar-refractivity contribution >= 4 is 23.4 Å². The number of esters is 1. The van der Waals surface area contributed by atoms with Gasteiger partial charge in [-0.1, -0.05) is 11.6 Å². The van der Waals surface area contributed by atoms with Gasteiger partial charge in [-0.05, 0) is 43.9 Å². The monoisotopic (exact) mass is 334 g/mol. The second-order valence-corrected chi connectivity index (χ2v) is 5.60. The summed E-state index contributed by atoms with van der Waals surface area (Å²) in [5, 5.41) is -0.488. The number of hydrogen-bond acceptors (Lipinski definition) is 3. The molecule has 0 spiro atoms. The third-order valence-electron chi connectivity index (χ3n) is 3.50. The van der Waals surface area contributed by atoms with Crippen LogP contribution < -0.4 is 0 Å². The van der Waals surface area contributed by atoms with Crippen LogP contribution in [0.25, 0.3) is 0 Å². The molecule has 1 aliphatic carbocycles. The lowest BCUT2D eigenvalue weighted by Gasteiger charge is -2.12. The van der Waals surface area contributed by atoms with Crippen molar-refractivity contribution in [2.45, 2.75) is 44.4 Å². The summed E-state index contributed by atoms with van der Waals surface area (Å²) >= 11 is 5.48. The Morgan fingerprint density at radius 3 is 2.45 bits per heavy atom. The highest BCUT2D eigenvalue weighted by Crippen LogP contribution is 2.35. The topological polar surface area (TPSA) is 43.4 Å². The van der Waals surface area contributed by atoms with E-state index in [4.69, 9.17) is 16.3 Å². The van der Waals surface area contributed by atoms with Gasteiger partial charge < -0.3 is 4.74 Å². The highest BCUT2D eigenvalue weighted by molar-refractivity contribution is 6.31. The maximum atomic E-state index is 12.7. The lowest BCUT2D eigenvalue weighted by Crippen LogP contribution is -2.18. The third kappa shape index (κ3) is 4.22. The maximum Gasteiger partial charge on any atom is 0.417 e. The van der Waals surface area contributed by atoms with Gasteiger partial charge in [-0.25, -0.2) is 0 Å². The van der Waals surface area contributed by atoms with E-state index in [1.54, 1.807) is 0 Å². The Balaban J connectivity index is 2.04. The van der Waals surface area contributed by atoms with E-state index in [1.807, 2.05) is 0 Å². The number of ether oxygens (including phenoxy) is 1. The fourth-order valence-electron chi connectivity index (χ4n) is 2.38. The van der Waals surface area contributed by atoms with E-state index < -0.39 is 34.9 Å². The average Bonchev–Trinajstić information content (AvgIpc) is 2.90. The number of alkyl halides is 3. The molecule has 0 atom stereocenters. The van der Waals surface area contributed by atoms with Crippen molar-refractivity contribution in [1.82, 2.24) is 0 Å². The van der Waals surface area contributed by atoms with E-state index in [0.29, 0.717) is 6.07 Å². The zero-order valence-corrected chi connectivity index (χ0v) is 12.3. The van der Waals surface area contributed by atoms with Gasteiger partial charge in [-0.2, -0.15) is 13.2 Å². The van der Waals surface area contributed by atoms with Crippen molar-refractivity contribution in [3.05, 3.63) is 34.3 Å². The molecule has 1 aromatic carbocycles. The molecule has 0 saturated heterocycles. The van der Waals surface area contributed by atoms with Gasteiger partial charge in [-0.3, -0.25) is 9.59 Å². The minimum absolute atomic E-state index is 0.184. The first-order valence-corrected chi connectivity index (χ1v) is 7.24. The molecule has 3 nitrogen and oxygen atoms in total. The van der Waals surface area contributed by atoms with Gasteiger partial charge in [0.15, 0.2) is 5.78 Å². The second kappa shape index (κ2) is 6.69. The van der Waals surface area contributed by atoms with Crippen LogP contribution in [0, 0.1) is 0 Å². The summed E-state index contributed by atoms with van der Waals surface area (Å²) in [6, 6.07) is 2.83. The Hall–Kier alpha value is -1.56. The van der Waals surface area contributed by atoms with Gasteiger partial charge in [0.2, 0.25) is 0 Å². The van der Waals surface area contributed by atoms with Crippen molar-refractivity contribution in [3.63, 3.8) is 0 Å². The number of carbonyl (C=O) groups excluding carboxylic acids is 2. The molecule has 0 amide bonds. The molecule has 1 fully saturated rings. The highest BCUT2D eigenvalue weighted by atomic mass is 35.5. The van der Waals surface area contributed by atoms with Gasteiger partial charge in [-0.15, -0.1) is 0 Å². The fraction of sp³-hybridized carbons (Fsp3) is 0.467. The first kappa shape index (κ1) is 16.8.